The van der Waals surface area contributed by atoms with Gasteiger partial charge in [0.15, 0.2) is 0 Å². The van der Waals surface area contributed by atoms with E-state index in [1.54, 1.807) is 0 Å². The quantitative estimate of drug-likeness (QED) is 0.336. The van der Waals surface area contributed by atoms with E-state index in [0.717, 1.165) is 19.3 Å². The van der Waals surface area contributed by atoms with E-state index in [1.165, 1.54) is 19.3 Å². The Bertz CT molecular complexity index is 222. The Hall–Kier alpha value is -0.650. The molecular formula is C13H26O5. The van der Waals surface area contributed by atoms with Crippen LogP contribution < -0.4 is 0 Å². The summed E-state index contributed by atoms with van der Waals surface area (Å²) >= 11 is 0. The molecule has 5 nitrogen and oxygen atoms in total. The third kappa shape index (κ3) is 9.39. The molecule has 0 amide bonds. The van der Waals surface area contributed by atoms with Crippen LogP contribution in [0.4, 0.5) is 0 Å². The van der Waals surface area contributed by atoms with Crippen LogP contribution in [0.3, 0.4) is 0 Å². The number of aliphatic carboxylic acids is 1. The zero-order chi connectivity index (χ0) is 14.0. The van der Waals surface area contributed by atoms with Gasteiger partial charge >= 0.3 is 5.97 Å². The van der Waals surface area contributed by atoms with Gasteiger partial charge in [-0.3, -0.25) is 4.79 Å². The monoisotopic (exact) mass is 262 g/mol. The van der Waals surface area contributed by atoms with Crippen molar-refractivity contribution in [3.05, 3.63) is 0 Å². The van der Waals surface area contributed by atoms with Crippen molar-refractivity contribution in [1.29, 1.82) is 0 Å². The second-order valence-electron chi connectivity index (χ2n) is 4.87. The van der Waals surface area contributed by atoms with Gasteiger partial charge in [0.25, 0.3) is 5.97 Å². The zero-order valence-electron chi connectivity index (χ0n) is 11.1. The Morgan fingerprint density at radius 2 is 1.56 bits per heavy atom. The number of carbonyl (C=O) groups is 1. The maximum absolute atomic E-state index is 10.4. The fraction of sp³-hybridized carbons (Fsp3) is 0.923. The minimum absolute atomic E-state index is 0.0772. The number of hydrogen-bond donors (Lipinski definition) is 4. The highest BCUT2D eigenvalue weighted by molar-refractivity contribution is 5.66. The van der Waals surface area contributed by atoms with Crippen molar-refractivity contribution in [3.63, 3.8) is 0 Å². The number of carboxylic acids is 1. The van der Waals surface area contributed by atoms with E-state index in [9.17, 15) is 4.79 Å². The van der Waals surface area contributed by atoms with Crippen molar-refractivity contribution >= 4 is 5.97 Å². The van der Waals surface area contributed by atoms with Crippen LogP contribution in [0.25, 0.3) is 0 Å². The number of aliphatic hydroxyl groups is 3. The van der Waals surface area contributed by atoms with Crippen LogP contribution in [0.15, 0.2) is 0 Å². The Morgan fingerprint density at radius 1 is 1.00 bits per heavy atom. The zero-order valence-corrected chi connectivity index (χ0v) is 11.1. The van der Waals surface area contributed by atoms with Gasteiger partial charge in [-0.1, -0.05) is 45.4 Å². The molecule has 0 saturated carbocycles. The molecule has 0 aliphatic carbocycles. The van der Waals surface area contributed by atoms with Crippen molar-refractivity contribution in [1.82, 2.24) is 0 Å². The number of hydrogen-bond acceptors (Lipinski definition) is 4. The van der Waals surface area contributed by atoms with Crippen LogP contribution >= 0.6 is 0 Å². The second-order valence-corrected chi connectivity index (χ2v) is 4.87. The fourth-order valence-electron chi connectivity index (χ4n) is 2.00. The summed E-state index contributed by atoms with van der Waals surface area (Å²) in [6.07, 6.45) is 6.73. The van der Waals surface area contributed by atoms with Gasteiger partial charge in [-0.05, 0) is 12.8 Å². The molecule has 0 bridgehead atoms. The number of carboxylic acid groups (broad SMARTS) is 1. The smallest absolute Gasteiger partial charge is 0.303 e. The molecule has 0 saturated heterocycles. The van der Waals surface area contributed by atoms with E-state index < -0.39 is 17.9 Å². The lowest BCUT2D eigenvalue weighted by atomic mass is 9.93. The van der Waals surface area contributed by atoms with Crippen LogP contribution in [-0.2, 0) is 4.79 Å². The molecule has 1 atom stereocenters. The molecule has 0 aromatic rings. The molecular weight excluding hydrogens is 236 g/mol. The lowest BCUT2D eigenvalue weighted by Crippen LogP contribution is -2.37. The average molecular weight is 262 g/mol. The third-order valence-electron chi connectivity index (χ3n) is 3.16. The van der Waals surface area contributed by atoms with Crippen LogP contribution in [-0.4, -0.2) is 32.4 Å². The van der Waals surface area contributed by atoms with E-state index in [0.29, 0.717) is 6.42 Å². The van der Waals surface area contributed by atoms with Crippen LogP contribution in [0.1, 0.15) is 64.7 Å². The minimum atomic E-state index is -2.77. The van der Waals surface area contributed by atoms with Crippen LogP contribution in [0, 0.1) is 5.92 Å². The molecule has 108 valence electrons. The van der Waals surface area contributed by atoms with E-state index in [2.05, 4.69) is 6.92 Å². The minimum Gasteiger partial charge on any atom is -0.481 e. The van der Waals surface area contributed by atoms with Crippen LogP contribution in [0.2, 0.25) is 0 Å². The van der Waals surface area contributed by atoms with Crippen molar-refractivity contribution < 1.29 is 25.2 Å². The molecule has 5 heteroatoms. The summed E-state index contributed by atoms with van der Waals surface area (Å²) in [7, 11) is 0. The van der Waals surface area contributed by atoms with Gasteiger partial charge in [-0.2, -0.15) is 0 Å². The first kappa shape index (κ1) is 17.4. The lowest BCUT2D eigenvalue weighted by Gasteiger charge is -2.25. The van der Waals surface area contributed by atoms with Gasteiger partial charge < -0.3 is 20.4 Å². The Labute approximate surface area is 108 Å². The summed E-state index contributed by atoms with van der Waals surface area (Å²) < 4.78 is 0. The molecule has 0 heterocycles. The van der Waals surface area contributed by atoms with Crippen molar-refractivity contribution in [3.8, 4) is 0 Å². The highest BCUT2D eigenvalue weighted by Crippen LogP contribution is 2.24. The topological polar surface area (TPSA) is 98.0 Å². The molecule has 0 aromatic heterocycles. The summed E-state index contributed by atoms with van der Waals surface area (Å²) in [5.74, 6) is -4.55. The normalized spacial score (nSPS) is 13.6. The average Bonchev–Trinajstić information content (AvgIpc) is 2.25. The molecule has 0 rings (SSSR count). The van der Waals surface area contributed by atoms with Crippen LogP contribution in [0.5, 0.6) is 0 Å². The first-order valence-corrected chi connectivity index (χ1v) is 6.76. The molecule has 0 aliphatic rings. The maximum Gasteiger partial charge on any atom is 0.303 e. The van der Waals surface area contributed by atoms with Gasteiger partial charge in [0, 0.05) is 12.3 Å². The van der Waals surface area contributed by atoms with Gasteiger partial charge in [-0.15, -0.1) is 0 Å². The van der Waals surface area contributed by atoms with E-state index in [1.807, 2.05) is 0 Å². The molecule has 0 fully saturated rings. The Balaban J connectivity index is 3.84. The summed E-state index contributed by atoms with van der Waals surface area (Å²) in [4.78, 5) is 10.4. The number of unbranched alkanes of at least 4 members (excludes halogenated alkanes) is 5. The standard InChI is InChI=1S/C13H26O5/c1-2-3-4-5-6-7-8-11(13(16,17)18)9-10-12(14)15/h11,16-18H,2-10H2,1H3,(H,14,15). The highest BCUT2D eigenvalue weighted by Gasteiger charge is 2.31. The molecule has 4 N–H and O–H groups in total. The largest absolute Gasteiger partial charge is 0.481 e. The Morgan fingerprint density at radius 3 is 2.06 bits per heavy atom. The molecule has 0 aromatic carbocycles. The van der Waals surface area contributed by atoms with Gasteiger partial charge in [-0.25, -0.2) is 0 Å². The fourth-order valence-corrected chi connectivity index (χ4v) is 2.00. The van der Waals surface area contributed by atoms with E-state index in [4.69, 9.17) is 20.4 Å². The molecule has 0 radical (unpaired) electrons. The molecule has 0 aliphatic heterocycles. The van der Waals surface area contributed by atoms with Gasteiger partial charge in [0.2, 0.25) is 0 Å². The summed E-state index contributed by atoms with van der Waals surface area (Å²) in [6, 6.07) is 0. The molecule has 1 unspecified atom stereocenters. The second kappa shape index (κ2) is 9.30. The van der Waals surface area contributed by atoms with Crippen molar-refractivity contribution in [2.24, 2.45) is 5.92 Å². The van der Waals surface area contributed by atoms with E-state index >= 15 is 0 Å². The first-order chi connectivity index (χ1) is 8.38. The van der Waals surface area contributed by atoms with E-state index in [-0.39, 0.29) is 12.8 Å². The van der Waals surface area contributed by atoms with Gasteiger partial charge in [0.1, 0.15) is 0 Å². The molecule has 0 spiro atoms. The first-order valence-electron chi connectivity index (χ1n) is 6.76. The maximum atomic E-state index is 10.4. The van der Waals surface area contributed by atoms with Crippen molar-refractivity contribution in [2.45, 2.75) is 70.7 Å². The Kier molecular flexibility index (Phi) is 8.97. The predicted octanol–water partition coefficient (Wildman–Crippen LogP) is 1.85. The van der Waals surface area contributed by atoms with Crippen molar-refractivity contribution in [2.75, 3.05) is 0 Å². The van der Waals surface area contributed by atoms with Gasteiger partial charge in [0.05, 0.1) is 0 Å². The SMILES string of the molecule is CCCCCCCCC(CCC(=O)O)C(O)(O)O. The highest BCUT2D eigenvalue weighted by atomic mass is 16.7. The predicted molar refractivity (Wildman–Crippen MR) is 67.7 cm³/mol. The molecule has 18 heavy (non-hydrogen) atoms. The lowest BCUT2D eigenvalue weighted by molar-refractivity contribution is -0.343. The number of rotatable bonds is 11. The summed E-state index contributed by atoms with van der Waals surface area (Å²) in [5.41, 5.74) is 0. The summed E-state index contributed by atoms with van der Waals surface area (Å²) in [5, 5.41) is 36.0. The summed E-state index contributed by atoms with van der Waals surface area (Å²) in [6.45, 7) is 2.14. The third-order valence-corrected chi connectivity index (χ3v) is 3.16.